The third-order valence-electron chi connectivity index (χ3n) is 4.15. The number of thiophene rings is 2. The lowest BCUT2D eigenvalue weighted by molar-refractivity contribution is -0.0512. The van der Waals surface area contributed by atoms with Crippen LogP contribution in [-0.4, -0.2) is 23.7 Å². The van der Waals surface area contributed by atoms with E-state index in [0.29, 0.717) is 15.8 Å². The molecule has 30 heavy (non-hydrogen) atoms. The number of H-pyrrole nitrogens is 1. The lowest BCUT2D eigenvalue weighted by Gasteiger charge is -2.10. The minimum Gasteiger partial charge on any atom is -0.493 e. The van der Waals surface area contributed by atoms with Gasteiger partial charge in [0.2, 0.25) is 0 Å². The molecule has 0 bridgehead atoms. The Labute approximate surface area is 182 Å². The van der Waals surface area contributed by atoms with E-state index in [1.165, 1.54) is 30.6 Å². The molecule has 0 amide bonds. The van der Waals surface area contributed by atoms with Crippen molar-refractivity contribution >= 4 is 55.6 Å². The van der Waals surface area contributed by atoms with E-state index in [4.69, 9.17) is 16.3 Å². The molecule has 4 aromatic rings. The SMILES string of the molecule is COc1cc(/C=C(\Cl)c2nc3scc(-c4cccs4)c3c(=O)[nH]2)ccc1OC(F)F. The number of halogens is 3. The Morgan fingerprint density at radius 2 is 2.10 bits per heavy atom. The molecule has 10 heteroatoms. The van der Waals surface area contributed by atoms with Gasteiger partial charge in [-0.15, -0.1) is 22.7 Å². The Morgan fingerprint density at radius 1 is 1.27 bits per heavy atom. The summed E-state index contributed by atoms with van der Waals surface area (Å²) in [6.45, 7) is -2.96. The van der Waals surface area contributed by atoms with Gasteiger partial charge in [0.1, 0.15) is 4.83 Å². The molecule has 0 aliphatic rings. The van der Waals surface area contributed by atoms with E-state index >= 15 is 0 Å². The van der Waals surface area contributed by atoms with Crippen molar-refractivity contribution in [3.05, 3.63) is 62.8 Å². The summed E-state index contributed by atoms with van der Waals surface area (Å²) < 4.78 is 34.4. The molecule has 0 aliphatic carbocycles. The molecule has 3 heterocycles. The van der Waals surface area contributed by atoms with Gasteiger partial charge in [0, 0.05) is 15.8 Å². The van der Waals surface area contributed by atoms with Crippen molar-refractivity contribution < 1.29 is 18.3 Å². The normalized spacial score (nSPS) is 12.0. The van der Waals surface area contributed by atoms with Crippen molar-refractivity contribution in [2.75, 3.05) is 7.11 Å². The zero-order chi connectivity index (χ0) is 21.3. The maximum Gasteiger partial charge on any atom is 0.387 e. The van der Waals surface area contributed by atoms with Gasteiger partial charge in [-0.05, 0) is 35.2 Å². The first-order chi connectivity index (χ1) is 14.5. The number of methoxy groups -OCH3 is 1. The van der Waals surface area contributed by atoms with Gasteiger partial charge in [-0.3, -0.25) is 4.79 Å². The van der Waals surface area contributed by atoms with Crippen molar-refractivity contribution in [3.63, 3.8) is 0 Å². The van der Waals surface area contributed by atoms with Crippen molar-refractivity contribution in [1.82, 2.24) is 9.97 Å². The highest BCUT2D eigenvalue weighted by Gasteiger charge is 2.15. The molecule has 0 unspecified atom stereocenters. The molecule has 1 N–H and O–H groups in total. The molecule has 5 nitrogen and oxygen atoms in total. The maximum absolute atomic E-state index is 12.7. The van der Waals surface area contributed by atoms with Crippen LogP contribution in [0.4, 0.5) is 8.78 Å². The number of nitrogens with one attached hydrogen (secondary N) is 1. The van der Waals surface area contributed by atoms with E-state index in [1.54, 1.807) is 23.5 Å². The van der Waals surface area contributed by atoms with Crippen LogP contribution >= 0.6 is 34.3 Å². The second-order valence-electron chi connectivity index (χ2n) is 6.00. The third kappa shape index (κ3) is 4.09. The first-order valence-corrected chi connectivity index (χ1v) is 10.7. The summed E-state index contributed by atoms with van der Waals surface area (Å²) in [5, 5.41) is 4.54. The zero-order valence-electron chi connectivity index (χ0n) is 15.3. The molecule has 1 aromatic carbocycles. The molecule has 0 spiro atoms. The summed E-state index contributed by atoms with van der Waals surface area (Å²) in [5.41, 5.74) is 1.11. The van der Waals surface area contributed by atoms with Crippen LogP contribution in [0.3, 0.4) is 0 Å². The third-order valence-corrected chi connectivity index (χ3v) is 6.22. The van der Waals surface area contributed by atoms with Crippen LogP contribution in [0.2, 0.25) is 0 Å². The van der Waals surface area contributed by atoms with E-state index in [0.717, 1.165) is 10.4 Å². The summed E-state index contributed by atoms with van der Waals surface area (Å²) in [6, 6.07) is 8.26. The second-order valence-corrected chi connectivity index (χ2v) is 8.22. The number of benzene rings is 1. The number of fused-ring (bicyclic) bond motifs is 1. The second kappa shape index (κ2) is 8.55. The Kier molecular flexibility index (Phi) is 5.85. The summed E-state index contributed by atoms with van der Waals surface area (Å²) in [7, 11) is 1.34. The minimum atomic E-state index is -2.96. The highest BCUT2D eigenvalue weighted by atomic mass is 35.5. The fourth-order valence-electron chi connectivity index (χ4n) is 2.86. The van der Waals surface area contributed by atoms with Crippen molar-refractivity contribution in [2.45, 2.75) is 6.61 Å². The van der Waals surface area contributed by atoms with Gasteiger partial charge in [0.05, 0.1) is 17.5 Å². The Bertz CT molecular complexity index is 1280. The fraction of sp³-hybridized carbons (Fsp3) is 0.100. The molecule has 0 aliphatic heterocycles. The lowest BCUT2D eigenvalue weighted by Crippen LogP contribution is -2.10. The largest absolute Gasteiger partial charge is 0.493 e. The average molecular weight is 467 g/mol. The number of rotatable bonds is 6. The number of alkyl halides is 2. The molecule has 0 radical (unpaired) electrons. The average Bonchev–Trinajstić information content (AvgIpc) is 3.38. The van der Waals surface area contributed by atoms with E-state index in [1.807, 2.05) is 22.9 Å². The van der Waals surface area contributed by atoms with Crippen LogP contribution < -0.4 is 15.0 Å². The van der Waals surface area contributed by atoms with Crippen LogP contribution in [0.5, 0.6) is 11.5 Å². The standard InChI is InChI=1S/C20H13ClF2N2O3S2/c1-27-14-8-10(4-5-13(14)28-20(22)23)7-12(21)17-24-18(26)16-11(9-30-19(16)25-17)15-3-2-6-29-15/h2-9,20H,1H3,(H,24,25,26)/b12-7-. The quantitative estimate of drug-likeness (QED) is 0.375. The summed E-state index contributed by atoms with van der Waals surface area (Å²) in [4.78, 5) is 21.5. The van der Waals surface area contributed by atoms with Gasteiger partial charge in [-0.1, -0.05) is 23.7 Å². The van der Waals surface area contributed by atoms with Gasteiger partial charge in [-0.25, -0.2) is 4.98 Å². The van der Waals surface area contributed by atoms with Crippen LogP contribution in [0.15, 0.2) is 45.9 Å². The molecular weight excluding hydrogens is 454 g/mol. The summed E-state index contributed by atoms with van der Waals surface area (Å²) in [5.74, 6) is 0.248. The van der Waals surface area contributed by atoms with Gasteiger partial charge in [0.25, 0.3) is 5.56 Å². The van der Waals surface area contributed by atoms with Gasteiger partial charge < -0.3 is 14.5 Å². The molecule has 4 rings (SSSR count). The van der Waals surface area contributed by atoms with Crippen molar-refractivity contribution in [2.24, 2.45) is 0 Å². The van der Waals surface area contributed by atoms with Crippen LogP contribution in [0.1, 0.15) is 11.4 Å². The number of ether oxygens (including phenoxy) is 2. The summed E-state index contributed by atoms with van der Waals surface area (Å²) in [6.07, 6.45) is 1.55. The van der Waals surface area contributed by atoms with Gasteiger partial charge >= 0.3 is 6.61 Å². The predicted octanol–water partition coefficient (Wildman–Crippen LogP) is 6.06. The maximum atomic E-state index is 12.7. The van der Waals surface area contributed by atoms with Crippen molar-refractivity contribution in [1.29, 1.82) is 0 Å². The smallest absolute Gasteiger partial charge is 0.387 e. The number of nitrogens with zero attached hydrogens (tertiary/aromatic N) is 1. The number of aromatic nitrogens is 2. The summed E-state index contributed by atoms with van der Waals surface area (Å²) >= 11 is 9.29. The minimum absolute atomic E-state index is 0.0894. The zero-order valence-corrected chi connectivity index (χ0v) is 17.7. The Hall–Kier alpha value is -2.75. The van der Waals surface area contributed by atoms with E-state index < -0.39 is 6.61 Å². The van der Waals surface area contributed by atoms with E-state index in [9.17, 15) is 13.6 Å². The molecule has 0 saturated heterocycles. The van der Waals surface area contributed by atoms with Crippen molar-refractivity contribution in [3.8, 4) is 21.9 Å². The van der Waals surface area contributed by atoms with Gasteiger partial charge in [-0.2, -0.15) is 8.78 Å². The highest BCUT2D eigenvalue weighted by molar-refractivity contribution is 7.18. The molecule has 0 atom stereocenters. The van der Waals surface area contributed by atoms with E-state index in [2.05, 4.69) is 14.7 Å². The van der Waals surface area contributed by atoms with Crippen LogP contribution in [-0.2, 0) is 0 Å². The molecule has 0 saturated carbocycles. The number of aromatic amines is 1. The fourth-order valence-corrected chi connectivity index (χ4v) is 4.83. The molecule has 3 aromatic heterocycles. The Morgan fingerprint density at radius 3 is 2.80 bits per heavy atom. The molecular formula is C20H13ClF2N2O3S2. The molecule has 0 fully saturated rings. The first-order valence-electron chi connectivity index (χ1n) is 8.52. The van der Waals surface area contributed by atoms with Gasteiger partial charge in [0.15, 0.2) is 17.3 Å². The number of hydrogen-bond acceptors (Lipinski definition) is 6. The van der Waals surface area contributed by atoms with E-state index in [-0.39, 0.29) is 27.9 Å². The lowest BCUT2D eigenvalue weighted by atomic mass is 10.2. The topological polar surface area (TPSA) is 64.2 Å². The Balaban J connectivity index is 1.70. The monoisotopic (exact) mass is 466 g/mol. The van der Waals surface area contributed by atoms with Crippen LogP contribution in [0, 0.1) is 0 Å². The molecule has 154 valence electrons. The highest BCUT2D eigenvalue weighted by Crippen LogP contribution is 2.35. The number of hydrogen-bond donors (Lipinski definition) is 1. The predicted molar refractivity (Wildman–Crippen MR) is 117 cm³/mol. The van der Waals surface area contributed by atoms with Crippen LogP contribution in [0.25, 0.3) is 31.8 Å². The first kappa shape index (κ1) is 20.5.